The first kappa shape index (κ1) is 23.0. The van der Waals surface area contributed by atoms with Gasteiger partial charge in [0.2, 0.25) is 0 Å². The Morgan fingerprint density at radius 3 is 2.80 bits per heavy atom. The van der Waals surface area contributed by atoms with Crippen LogP contribution in [0.15, 0.2) is 23.2 Å². The second-order valence-electron chi connectivity index (χ2n) is 7.46. The van der Waals surface area contributed by atoms with Gasteiger partial charge in [-0.05, 0) is 50.8 Å². The third-order valence-corrected chi connectivity index (χ3v) is 5.49. The van der Waals surface area contributed by atoms with Gasteiger partial charge in [-0.25, -0.2) is 4.99 Å². The predicted molar refractivity (Wildman–Crippen MR) is 112 cm³/mol. The number of rotatable bonds is 8. The van der Waals surface area contributed by atoms with Crippen LogP contribution >= 0.6 is 11.6 Å². The van der Waals surface area contributed by atoms with Crippen LogP contribution in [0.5, 0.6) is 5.75 Å². The van der Waals surface area contributed by atoms with Gasteiger partial charge in [0.05, 0.1) is 25.4 Å². The van der Waals surface area contributed by atoms with Gasteiger partial charge in [0.25, 0.3) is 0 Å². The smallest absolute Gasteiger partial charge is 0.387 e. The fourth-order valence-electron chi connectivity index (χ4n) is 3.72. The van der Waals surface area contributed by atoms with E-state index in [0.717, 1.165) is 51.3 Å². The van der Waals surface area contributed by atoms with Gasteiger partial charge in [-0.3, -0.25) is 0 Å². The minimum absolute atomic E-state index is 0.0928. The van der Waals surface area contributed by atoms with E-state index >= 15 is 0 Å². The van der Waals surface area contributed by atoms with Gasteiger partial charge < -0.3 is 24.4 Å². The first-order valence-corrected chi connectivity index (χ1v) is 10.9. The molecule has 0 aromatic heterocycles. The van der Waals surface area contributed by atoms with Crippen molar-refractivity contribution in [2.45, 2.75) is 58.0 Å². The lowest BCUT2D eigenvalue weighted by Gasteiger charge is -2.34. The minimum Gasteiger partial charge on any atom is -0.434 e. The molecule has 168 valence electrons. The van der Waals surface area contributed by atoms with E-state index in [9.17, 15) is 8.78 Å². The average molecular weight is 446 g/mol. The predicted octanol–water partition coefficient (Wildman–Crippen LogP) is 4.07. The average Bonchev–Trinajstić information content (AvgIpc) is 3.25. The van der Waals surface area contributed by atoms with Crippen molar-refractivity contribution < 1.29 is 23.0 Å². The molecule has 0 bridgehead atoms. The van der Waals surface area contributed by atoms with E-state index in [1.807, 2.05) is 6.92 Å². The maximum absolute atomic E-state index is 12.7. The summed E-state index contributed by atoms with van der Waals surface area (Å²) < 4.78 is 41.6. The lowest BCUT2D eigenvalue weighted by molar-refractivity contribution is -0.0504. The summed E-state index contributed by atoms with van der Waals surface area (Å²) in [6, 6.07) is 4.58. The highest BCUT2D eigenvalue weighted by Crippen LogP contribution is 2.25. The van der Waals surface area contributed by atoms with Gasteiger partial charge in [0.15, 0.2) is 5.96 Å². The Morgan fingerprint density at radius 2 is 2.13 bits per heavy atom. The molecule has 9 heteroatoms. The molecule has 0 amide bonds. The number of aliphatic imine (C=N–C) groups is 1. The number of halogens is 3. The van der Waals surface area contributed by atoms with E-state index in [-0.39, 0.29) is 24.5 Å². The van der Waals surface area contributed by atoms with Crippen molar-refractivity contribution in [2.24, 2.45) is 4.99 Å². The summed E-state index contributed by atoms with van der Waals surface area (Å²) >= 11 is 6.03. The van der Waals surface area contributed by atoms with Crippen molar-refractivity contribution >= 4 is 17.6 Å². The molecule has 2 heterocycles. The second kappa shape index (κ2) is 11.7. The molecular weight excluding hydrogens is 416 g/mol. The van der Waals surface area contributed by atoms with Crippen LogP contribution in [0, 0.1) is 0 Å². The van der Waals surface area contributed by atoms with Gasteiger partial charge in [0, 0.05) is 36.8 Å². The van der Waals surface area contributed by atoms with Crippen LogP contribution in [0.4, 0.5) is 8.78 Å². The van der Waals surface area contributed by atoms with E-state index < -0.39 is 6.61 Å². The number of likely N-dealkylation sites (tertiary alicyclic amines) is 1. The van der Waals surface area contributed by atoms with E-state index in [0.29, 0.717) is 23.7 Å². The number of benzene rings is 1. The largest absolute Gasteiger partial charge is 0.434 e. The van der Waals surface area contributed by atoms with Crippen molar-refractivity contribution in [3.05, 3.63) is 28.8 Å². The van der Waals surface area contributed by atoms with Crippen LogP contribution in [-0.2, 0) is 16.0 Å². The van der Waals surface area contributed by atoms with Crippen LogP contribution in [0.1, 0.15) is 38.2 Å². The number of piperidine rings is 1. The van der Waals surface area contributed by atoms with E-state index in [4.69, 9.17) is 21.1 Å². The Morgan fingerprint density at radius 1 is 1.33 bits per heavy atom. The number of ether oxygens (including phenoxy) is 3. The summed E-state index contributed by atoms with van der Waals surface area (Å²) in [6.07, 6.45) is 4.49. The zero-order valence-corrected chi connectivity index (χ0v) is 18.0. The fourth-order valence-corrected chi connectivity index (χ4v) is 3.92. The summed E-state index contributed by atoms with van der Waals surface area (Å²) in [5.41, 5.74) is 0.521. The molecule has 2 aliphatic heterocycles. The van der Waals surface area contributed by atoms with Crippen LogP contribution in [0.3, 0.4) is 0 Å². The SMILES string of the molecule is CCNC(=NCc1cc(Cl)ccc1OC(F)F)N1CCC(OCC2CCCO2)CC1. The molecule has 3 rings (SSSR count). The quantitative estimate of drug-likeness (QED) is 0.483. The molecule has 1 aromatic carbocycles. The van der Waals surface area contributed by atoms with Crippen LogP contribution in [0.2, 0.25) is 5.02 Å². The molecule has 6 nitrogen and oxygen atoms in total. The molecule has 30 heavy (non-hydrogen) atoms. The van der Waals surface area contributed by atoms with Crippen molar-refractivity contribution in [1.82, 2.24) is 10.2 Å². The topological polar surface area (TPSA) is 55.3 Å². The van der Waals surface area contributed by atoms with E-state index in [1.54, 1.807) is 6.07 Å². The second-order valence-corrected chi connectivity index (χ2v) is 7.89. The highest BCUT2D eigenvalue weighted by atomic mass is 35.5. The summed E-state index contributed by atoms with van der Waals surface area (Å²) in [6.45, 7) is 3.15. The monoisotopic (exact) mass is 445 g/mol. The number of alkyl halides is 2. The Kier molecular flexibility index (Phi) is 8.96. The molecule has 0 radical (unpaired) electrons. The third kappa shape index (κ3) is 6.96. The van der Waals surface area contributed by atoms with Gasteiger partial charge in [0.1, 0.15) is 5.75 Å². The third-order valence-electron chi connectivity index (χ3n) is 5.26. The lowest BCUT2D eigenvalue weighted by Crippen LogP contribution is -2.47. The molecule has 1 N–H and O–H groups in total. The molecule has 0 spiro atoms. The Balaban J connectivity index is 1.56. The maximum atomic E-state index is 12.7. The summed E-state index contributed by atoms with van der Waals surface area (Å²) in [5.74, 6) is 0.841. The highest BCUT2D eigenvalue weighted by molar-refractivity contribution is 6.30. The van der Waals surface area contributed by atoms with E-state index in [2.05, 4.69) is 19.9 Å². The molecule has 2 saturated heterocycles. The fraction of sp³-hybridized carbons (Fsp3) is 0.667. The molecule has 2 fully saturated rings. The summed E-state index contributed by atoms with van der Waals surface area (Å²) in [4.78, 5) is 6.81. The number of nitrogens with zero attached hydrogens (tertiary/aromatic N) is 2. The summed E-state index contributed by atoms with van der Waals surface area (Å²) in [5, 5.41) is 3.74. The molecule has 1 aromatic rings. The normalized spacial score (nSPS) is 20.8. The Bertz CT molecular complexity index is 694. The minimum atomic E-state index is -2.89. The summed E-state index contributed by atoms with van der Waals surface area (Å²) in [7, 11) is 0. The maximum Gasteiger partial charge on any atom is 0.387 e. The Hall–Kier alpha value is -1.64. The lowest BCUT2D eigenvalue weighted by atomic mass is 10.1. The molecule has 0 aliphatic carbocycles. The number of hydrogen-bond acceptors (Lipinski definition) is 4. The van der Waals surface area contributed by atoms with Gasteiger partial charge in [-0.1, -0.05) is 11.6 Å². The van der Waals surface area contributed by atoms with Gasteiger partial charge >= 0.3 is 6.61 Å². The molecule has 1 atom stereocenters. The Labute approximate surface area is 181 Å². The van der Waals surface area contributed by atoms with Crippen LogP contribution in [0.25, 0.3) is 0 Å². The molecule has 2 aliphatic rings. The first-order chi connectivity index (χ1) is 14.5. The van der Waals surface area contributed by atoms with Gasteiger partial charge in [-0.2, -0.15) is 8.78 Å². The molecule has 1 unspecified atom stereocenters. The zero-order chi connectivity index (χ0) is 21.3. The van der Waals surface area contributed by atoms with Crippen molar-refractivity contribution in [3.8, 4) is 5.75 Å². The first-order valence-electron chi connectivity index (χ1n) is 10.5. The highest BCUT2D eigenvalue weighted by Gasteiger charge is 2.24. The van der Waals surface area contributed by atoms with Crippen molar-refractivity contribution in [1.29, 1.82) is 0 Å². The number of nitrogens with one attached hydrogen (secondary N) is 1. The van der Waals surface area contributed by atoms with Crippen molar-refractivity contribution in [3.63, 3.8) is 0 Å². The molecule has 0 saturated carbocycles. The standard InChI is InChI=1S/C21H30ClF2N3O3/c1-2-25-21(26-13-15-12-16(22)5-6-19(15)30-20(23)24)27-9-7-17(8-10-27)29-14-18-4-3-11-28-18/h5-6,12,17-18,20H,2-4,7-11,13-14H2,1H3,(H,25,26). The van der Waals surface area contributed by atoms with E-state index in [1.165, 1.54) is 12.1 Å². The molecular formula is C21H30ClF2N3O3. The van der Waals surface area contributed by atoms with Crippen molar-refractivity contribution in [2.75, 3.05) is 32.8 Å². The zero-order valence-electron chi connectivity index (χ0n) is 17.3. The number of hydrogen-bond donors (Lipinski definition) is 1. The van der Waals surface area contributed by atoms with Gasteiger partial charge in [-0.15, -0.1) is 0 Å². The van der Waals surface area contributed by atoms with Crippen LogP contribution in [-0.4, -0.2) is 62.5 Å². The number of guanidine groups is 1. The van der Waals surface area contributed by atoms with Crippen LogP contribution < -0.4 is 10.1 Å².